The van der Waals surface area contributed by atoms with Crippen LogP contribution in [-0.4, -0.2) is 18.6 Å². The van der Waals surface area contributed by atoms with Crippen LogP contribution >= 0.6 is 0 Å². The standard InChI is InChI=1S/C14H20N2O2/c1-10(18-9-8-11-6-7-11)14(17)16-13-5-3-2-4-12(13)15/h2-5,10-11H,6-9,15H2,1H3,(H,16,17). The highest BCUT2D eigenvalue weighted by Crippen LogP contribution is 2.32. The van der Waals surface area contributed by atoms with E-state index < -0.39 is 6.10 Å². The lowest BCUT2D eigenvalue weighted by molar-refractivity contribution is -0.126. The smallest absolute Gasteiger partial charge is 0.253 e. The summed E-state index contributed by atoms with van der Waals surface area (Å²) in [6, 6.07) is 7.21. The van der Waals surface area contributed by atoms with Crippen molar-refractivity contribution in [2.45, 2.75) is 32.3 Å². The Labute approximate surface area is 108 Å². The predicted octanol–water partition coefficient (Wildman–Crippen LogP) is 2.41. The molecular weight excluding hydrogens is 228 g/mol. The largest absolute Gasteiger partial charge is 0.397 e. The highest BCUT2D eigenvalue weighted by atomic mass is 16.5. The Morgan fingerprint density at radius 2 is 2.22 bits per heavy atom. The molecule has 1 aliphatic carbocycles. The Hall–Kier alpha value is -1.55. The van der Waals surface area contributed by atoms with E-state index in [2.05, 4.69) is 5.32 Å². The Morgan fingerprint density at radius 3 is 2.89 bits per heavy atom. The van der Waals surface area contributed by atoms with Crippen molar-refractivity contribution in [3.05, 3.63) is 24.3 Å². The minimum Gasteiger partial charge on any atom is -0.397 e. The van der Waals surface area contributed by atoms with Gasteiger partial charge in [-0.25, -0.2) is 0 Å². The van der Waals surface area contributed by atoms with Gasteiger partial charge in [0, 0.05) is 6.61 Å². The van der Waals surface area contributed by atoms with Gasteiger partial charge < -0.3 is 15.8 Å². The lowest BCUT2D eigenvalue weighted by Crippen LogP contribution is -2.28. The van der Waals surface area contributed by atoms with E-state index in [1.54, 1.807) is 19.1 Å². The van der Waals surface area contributed by atoms with Gasteiger partial charge in [-0.1, -0.05) is 25.0 Å². The average Bonchev–Trinajstić information content (AvgIpc) is 3.16. The summed E-state index contributed by atoms with van der Waals surface area (Å²) in [7, 11) is 0. The molecule has 98 valence electrons. The normalized spacial score (nSPS) is 16.3. The number of hydrogen-bond donors (Lipinski definition) is 2. The number of benzene rings is 1. The van der Waals surface area contributed by atoms with Crippen molar-refractivity contribution < 1.29 is 9.53 Å². The Morgan fingerprint density at radius 1 is 1.50 bits per heavy atom. The lowest BCUT2D eigenvalue weighted by atomic mass is 10.2. The number of para-hydroxylation sites is 2. The summed E-state index contributed by atoms with van der Waals surface area (Å²) < 4.78 is 5.51. The van der Waals surface area contributed by atoms with Crippen LogP contribution in [0.25, 0.3) is 0 Å². The first-order chi connectivity index (χ1) is 8.66. The third-order valence-electron chi connectivity index (χ3n) is 3.18. The number of amides is 1. The van der Waals surface area contributed by atoms with Crippen LogP contribution in [0.5, 0.6) is 0 Å². The zero-order valence-corrected chi connectivity index (χ0v) is 10.7. The predicted molar refractivity (Wildman–Crippen MR) is 72.2 cm³/mol. The number of hydrogen-bond acceptors (Lipinski definition) is 3. The topological polar surface area (TPSA) is 64.3 Å². The van der Waals surface area contributed by atoms with Crippen molar-refractivity contribution in [3.63, 3.8) is 0 Å². The molecule has 18 heavy (non-hydrogen) atoms. The van der Waals surface area contributed by atoms with Crippen LogP contribution in [0.2, 0.25) is 0 Å². The molecule has 1 aliphatic rings. The molecule has 4 nitrogen and oxygen atoms in total. The van der Waals surface area contributed by atoms with E-state index in [4.69, 9.17) is 10.5 Å². The van der Waals surface area contributed by atoms with Crippen LogP contribution in [-0.2, 0) is 9.53 Å². The molecule has 1 aromatic carbocycles. The zero-order valence-electron chi connectivity index (χ0n) is 10.7. The summed E-state index contributed by atoms with van der Waals surface area (Å²) in [5.41, 5.74) is 6.97. The number of nitrogen functional groups attached to an aromatic ring is 1. The molecule has 0 aromatic heterocycles. The van der Waals surface area contributed by atoms with Crippen LogP contribution in [0.3, 0.4) is 0 Å². The van der Waals surface area contributed by atoms with Crippen molar-refractivity contribution in [1.82, 2.24) is 0 Å². The molecule has 4 heteroatoms. The first-order valence-corrected chi connectivity index (χ1v) is 6.44. The third-order valence-corrected chi connectivity index (χ3v) is 3.18. The van der Waals surface area contributed by atoms with Gasteiger partial charge >= 0.3 is 0 Å². The maximum atomic E-state index is 11.9. The van der Waals surface area contributed by atoms with Crippen LogP contribution in [0.15, 0.2) is 24.3 Å². The molecule has 1 aromatic rings. The molecule has 1 atom stereocenters. The fourth-order valence-corrected chi connectivity index (χ4v) is 1.74. The van der Waals surface area contributed by atoms with Gasteiger partial charge in [0.25, 0.3) is 5.91 Å². The van der Waals surface area contributed by atoms with Crippen molar-refractivity contribution in [2.24, 2.45) is 5.92 Å². The molecule has 0 aliphatic heterocycles. The van der Waals surface area contributed by atoms with Crippen LogP contribution < -0.4 is 11.1 Å². The van der Waals surface area contributed by atoms with Gasteiger partial charge in [0.2, 0.25) is 0 Å². The minimum atomic E-state index is -0.441. The Kier molecular flexibility index (Phi) is 4.20. The number of rotatable bonds is 6. The number of nitrogens with two attached hydrogens (primary N) is 1. The molecular formula is C14H20N2O2. The molecule has 3 N–H and O–H groups in total. The van der Waals surface area contributed by atoms with Crippen LogP contribution in [0.4, 0.5) is 11.4 Å². The van der Waals surface area contributed by atoms with Crippen molar-refractivity contribution in [1.29, 1.82) is 0 Å². The van der Waals surface area contributed by atoms with Gasteiger partial charge in [-0.05, 0) is 31.4 Å². The SMILES string of the molecule is CC(OCCC1CC1)C(=O)Nc1ccccc1N. The second kappa shape index (κ2) is 5.87. The maximum absolute atomic E-state index is 11.9. The molecule has 1 unspecified atom stereocenters. The Balaban J connectivity index is 1.77. The monoisotopic (exact) mass is 248 g/mol. The van der Waals surface area contributed by atoms with E-state index in [0.29, 0.717) is 18.0 Å². The summed E-state index contributed by atoms with van der Waals surface area (Å²) in [4.78, 5) is 11.9. The fraction of sp³-hybridized carbons (Fsp3) is 0.500. The van der Waals surface area contributed by atoms with Crippen LogP contribution in [0.1, 0.15) is 26.2 Å². The lowest BCUT2D eigenvalue weighted by Gasteiger charge is -2.14. The minimum absolute atomic E-state index is 0.149. The van der Waals surface area contributed by atoms with Crippen LogP contribution in [0, 0.1) is 5.92 Å². The van der Waals surface area contributed by atoms with Crippen molar-refractivity contribution in [2.75, 3.05) is 17.7 Å². The van der Waals surface area contributed by atoms with E-state index in [1.165, 1.54) is 12.8 Å². The second-order valence-corrected chi connectivity index (χ2v) is 4.82. The van der Waals surface area contributed by atoms with Gasteiger partial charge in [-0.3, -0.25) is 4.79 Å². The summed E-state index contributed by atoms with van der Waals surface area (Å²) in [6.07, 6.45) is 3.24. The van der Waals surface area contributed by atoms with Gasteiger partial charge in [0.15, 0.2) is 0 Å². The highest BCUT2D eigenvalue weighted by Gasteiger charge is 2.22. The summed E-state index contributed by atoms with van der Waals surface area (Å²) in [5.74, 6) is 0.675. The summed E-state index contributed by atoms with van der Waals surface area (Å²) in [6.45, 7) is 2.42. The summed E-state index contributed by atoms with van der Waals surface area (Å²) in [5, 5.41) is 2.77. The van der Waals surface area contributed by atoms with Crippen molar-refractivity contribution >= 4 is 17.3 Å². The van der Waals surface area contributed by atoms with E-state index in [-0.39, 0.29) is 5.91 Å². The first-order valence-electron chi connectivity index (χ1n) is 6.44. The molecule has 0 bridgehead atoms. The number of carbonyl (C=O) groups is 1. The molecule has 0 radical (unpaired) electrons. The molecule has 1 fully saturated rings. The third kappa shape index (κ3) is 3.74. The van der Waals surface area contributed by atoms with Gasteiger partial charge in [0.1, 0.15) is 6.10 Å². The van der Waals surface area contributed by atoms with E-state index in [9.17, 15) is 4.79 Å². The number of ether oxygens (including phenoxy) is 1. The first kappa shape index (κ1) is 12.9. The Bertz CT molecular complexity index is 416. The molecule has 0 spiro atoms. The molecule has 2 rings (SSSR count). The maximum Gasteiger partial charge on any atom is 0.253 e. The molecule has 0 heterocycles. The number of anilines is 2. The van der Waals surface area contributed by atoms with Crippen molar-refractivity contribution in [3.8, 4) is 0 Å². The highest BCUT2D eigenvalue weighted by molar-refractivity contribution is 5.96. The zero-order chi connectivity index (χ0) is 13.0. The second-order valence-electron chi connectivity index (χ2n) is 4.82. The molecule has 0 saturated heterocycles. The van der Waals surface area contributed by atoms with Gasteiger partial charge in [-0.15, -0.1) is 0 Å². The fourth-order valence-electron chi connectivity index (χ4n) is 1.74. The number of nitrogens with one attached hydrogen (secondary N) is 1. The van der Waals surface area contributed by atoms with E-state index >= 15 is 0 Å². The van der Waals surface area contributed by atoms with Gasteiger partial charge in [-0.2, -0.15) is 0 Å². The molecule has 1 amide bonds. The number of carbonyl (C=O) groups excluding carboxylic acids is 1. The average molecular weight is 248 g/mol. The summed E-state index contributed by atoms with van der Waals surface area (Å²) >= 11 is 0. The van der Waals surface area contributed by atoms with Gasteiger partial charge in [0.05, 0.1) is 11.4 Å². The van der Waals surface area contributed by atoms with E-state index in [1.807, 2.05) is 12.1 Å². The van der Waals surface area contributed by atoms with E-state index in [0.717, 1.165) is 12.3 Å². The quantitative estimate of drug-likeness (QED) is 0.760. The molecule has 1 saturated carbocycles.